The molecule has 1 fully saturated rings. The minimum Gasteiger partial charge on any atom is -0.373 e. The van der Waals surface area contributed by atoms with Crippen LogP contribution in [0.1, 0.15) is 35.1 Å². The number of hydrogen-bond donors (Lipinski definition) is 1. The van der Waals surface area contributed by atoms with Crippen molar-refractivity contribution in [1.82, 2.24) is 5.32 Å². The van der Waals surface area contributed by atoms with Crippen molar-refractivity contribution >= 4 is 5.69 Å². The molecule has 1 atom stereocenters. The first-order valence-electron chi connectivity index (χ1n) is 7.02. The van der Waals surface area contributed by atoms with Crippen LogP contribution < -0.4 is 10.2 Å². The second-order valence-electron chi connectivity index (χ2n) is 5.78. The molecule has 1 aliphatic heterocycles. The first kappa shape index (κ1) is 13.4. The number of aryl methyl sites for hydroxylation is 2. The van der Waals surface area contributed by atoms with Gasteiger partial charge in [-0.3, -0.25) is 0 Å². The standard InChI is InChI=1S/C16H26N2/c1-11-9-12(2)14(4)16(13(11)3)18(5)10-15-7-6-8-17-15/h9,15,17H,6-8,10H2,1-5H3. The Balaban J connectivity index is 2.25. The summed E-state index contributed by atoms with van der Waals surface area (Å²) in [5.74, 6) is 0. The van der Waals surface area contributed by atoms with E-state index in [2.05, 4.69) is 51.0 Å². The van der Waals surface area contributed by atoms with Crippen LogP contribution in [0.25, 0.3) is 0 Å². The SMILES string of the molecule is Cc1cc(C)c(C)c(N(C)CC2CCCN2)c1C. The Morgan fingerprint density at radius 3 is 2.28 bits per heavy atom. The highest BCUT2D eigenvalue weighted by Gasteiger charge is 2.19. The fourth-order valence-corrected chi connectivity index (χ4v) is 3.10. The highest BCUT2D eigenvalue weighted by molar-refractivity contribution is 5.63. The van der Waals surface area contributed by atoms with Crippen LogP contribution in [0.3, 0.4) is 0 Å². The normalized spacial score (nSPS) is 19.3. The van der Waals surface area contributed by atoms with Gasteiger partial charge in [-0.25, -0.2) is 0 Å². The molecule has 0 bridgehead atoms. The van der Waals surface area contributed by atoms with Gasteiger partial charge < -0.3 is 10.2 Å². The van der Waals surface area contributed by atoms with Gasteiger partial charge in [-0.05, 0) is 69.3 Å². The van der Waals surface area contributed by atoms with E-state index in [1.807, 2.05) is 0 Å². The molecule has 0 spiro atoms. The van der Waals surface area contributed by atoms with Crippen LogP contribution in [0, 0.1) is 27.7 Å². The molecule has 2 heteroatoms. The number of benzene rings is 1. The second kappa shape index (κ2) is 5.31. The van der Waals surface area contributed by atoms with Gasteiger partial charge in [-0.2, -0.15) is 0 Å². The van der Waals surface area contributed by atoms with Crippen molar-refractivity contribution in [2.45, 2.75) is 46.6 Å². The van der Waals surface area contributed by atoms with Crippen LogP contribution in [0.4, 0.5) is 5.69 Å². The minimum absolute atomic E-state index is 0.662. The van der Waals surface area contributed by atoms with Crippen LogP contribution in [-0.4, -0.2) is 26.2 Å². The van der Waals surface area contributed by atoms with Crippen molar-refractivity contribution in [3.63, 3.8) is 0 Å². The van der Waals surface area contributed by atoms with Crippen LogP contribution in [-0.2, 0) is 0 Å². The van der Waals surface area contributed by atoms with Crippen molar-refractivity contribution in [1.29, 1.82) is 0 Å². The first-order valence-corrected chi connectivity index (χ1v) is 7.02. The third kappa shape index (κ3) is 2.54. The maximum Gasteiger partial charge on any atom is 0.0428 e. The Morgan fingerprint density at radius 1 is 1.17 bits per heavy atom. The topological polar surface area (TPSA) is 15.3 Å². The molecular formula is C16H26N2. The number of likely N-dealkylation sites (N-methyl/N-ethyl adjacent to an activating group) is 1. The summed E-state index contributed by atoms with van der Waals surface area (Å²) in [6.45, 7) is 11.2. The molecule has 1 N–H and O–H groups in total. The maximum absolute atomic E-state index is 3.58. The molecule has 0 aliphatic carbocycles. The molecule has 18 heavy (non-hydrogen) atoms. The predicted octanol–water partition coefficient (Wildman–Crippen LogP) is 3.11. The van der Waals surface area contributed by atoms with Crippen molar-refractivity contribution in [2.24, 2.45) is 0 Å². The van der Waals surface area contributed by atoms with Gasteiger partial charge in [0, 0.05) is 25.3 Å². The molecule has 1 unspecified atom stereocenters. The van der Waals surface area contributed by atoms with E-state index in [0.29, 0.717) is 6.04 Å². The Morgan fingerprint density at radius 2 is 1.78 bits per heavy atom. The fraction of sp³-hybridized carbons (Fsp3) is 0.625. The lowest BCUT2D eigenvalue weighted by Gasteiger charge is -2.28. The molecular weight excluding hydrogens is 220 g/mol. The summed E-state index contributed by atoms with van der Waals surface area (Å²) in [6.07, 6.45) is 2.64. The Bertz CT molecular complexity index is 405. The van der Waals surface area contributed by atoms with E-state index in [-0.39, 0.29) is 0 Å². The van der Waals surface area contributed by atoms with Gasteiger partial charge in [0.2, 0.25) is 0 Å². The van der Waals surface area contributed by atoms with E-state index < -0.39 is 0 Å². The van der Waals surface area contributed by atoms with E-state index in [4.69, 9.17) is 0 Å². The molecule has 0 amide bonds. The Kier molecular flexibility index (Phi) is 3.96. The van der Waals surface area contributed by atoms with Crippen LogP contribution in [0.5, 0.6) is 0 Å². The molecule has 1 saturated heterocycles. The largest absolute Gasteiger partial charge is 0.373 e. The third-order valence-electron chi connectivity index (χ3n) is 4.36. The lowest BCUT2D eigenvalue weighted by Crippen LogP contribution is -2.36. The molecule has 1 aromatic carbocycles. The number of anilines is 1. The second-order valence-corrected chi connectivity index (χ2v) is 5.78. The smallest absolute Gasteiger partial charge is 0.0428 e. The maximum atomic E-state index is 3.58. The molecule has 1 heterocycles. The summed E-state index contributed by atoms with van der Waals surface area (Å²) < 4.78 is 0. The van der Waals surface area contributed by atoms with Gasteiger partial charge in [0.1, 0.15) is 0 Å². The zero-order valence-electron chi connectivity index (χ0n) is 12.4. The van der Waals surface area contributed by atoms with Crippen molar-refractivity contribution in [3.05, 3.63) is 28.3 Å². The molecule has 2 rings (SSSR count). The van der Waals surface area contributed by atoms with Gasteiger partial charge in [-0.15, -0.1) is 0 Å². The lowest BCUT2D eigenvalue weighted by atomic mass is 9.97. The molecule has 0 radical (unpaired) electrons. The highest BCUT2D eigenvalue weighted by Crippen LogP contribution is 2.29. The number of nitrogens with one attached hydrogen (secondary N) is 1. The van der Waals surface area contributed by atoms with E-state index >= 15 is 0 Å². The predicted molar refractivity (Wildman–Crippen MR) is 79.7 cm³/mol. The molecule has 0 saturated carbocycles. The van der Waals surface area contributed by atoms with Gasteiger partial charge in [0.15, 0.2) is 0 Å². The van der Waals surface area contributed by atoms with Gasteiger partial charge >= 0.3 is 0 Å². The van der Waals surface area contributed by atoms with Crippen LogP contribution in [0.2, 0.25) is 0 Å². The lowest BCUT2D eigenvalue weighted by molar-refractivity contribution is 0.598. The van der Waals surface area contributed by atoms with Crippen molar-refractivity contribution < 1.29 is 0 Å². The Hall–Kier alpha value is -1.02. The van der Waals surface area contributed by atoms with E-state index in [1.54, 1.807) is 0 Å². The monoisotopic (exact) mass is 246 g/mol. The minimum atomic E-state index is 0.662. The zero-order valence-corrected chi connectivity index (χ0v) is 12.4. The summed E-state index contributed by atoms with van der Waals surface area (Å²) in [5.41, 5.74) is 7.09. The van der Waals surface area contributed by atoms with Gasteiger partial charge in [-0.1, -0.05) is 6.07 Å². The molecule has 2 nitrogen and oxygen atoms in total. The molecule has 100 valence electrons. The molecule has 0 aromatic heterocycles. The highest BCUT2D eigenvalue weighted by atomic mass is 15.1. The fourth-order valence-electron chi connectivity index (χ4n) is 3.10. The van der Waals surface area contributed by atoms with Crippen LogP contribution >= 0.6 is 0 Å². The van der Waals surface area contributed by atoms with E-state index in [1.165, 1.54) is 47.3 Å². The summed E-state index contributed by atoms with van der Waals surface area (Å²) in [4.78, 5) is 2.44. The van der Waals surface area contributed by atoms with Gasteiger partial charge in [0.05, 0.1) is 0 Å². The number of rotatable bonds is 3. The average Bonchev–Trinajstić information content (AvgIpc) is 2.79. The number of nitrogens with zero attached hydrogens (tertiary/aromatic N) is 1. The third-order valence-corrected chi connectivity index (χ3v) is 4.36. The summed E-state index contributed by atoms with van der Waals surface area (Å²) in [6, 6.07) is 2.96. The average molecular weight is 246 g/mol. The van der Waals surface area contributed by atoms with Gasteiger partial charge in [0.25, 0.3) is 0 Å². The summed E-state index contributed by atoms with van der Waals surface area (Å²) in [7, 11) is 2.23. The van der Waals surface area contributed by atoms with Crippen LogP contribution in [0.15, 0.2) is 6.07 Å². The quantitative estimate of drug-likeness (QED) is 0.881. The van der Waals surface area contributed by atoms with E-state index in [0.717, 1.165) is 6.54 Å². The van der Waals surface area contributed by atoms with Crippen molar-refractivity contribution in [2.75, 3.05) is 25.0 Å². The first-order chi connectivity index (χ1) is 8.50. The zero-order chi connectivity index (χ0) is 13.3. The molecule has 1 aromatic rings. The molecule has 1 aliphatic rings. The Labute approximate surface area is 111 Å². The number of hydrogen-bond acceptors (Lipinski definition) is 2. The summed E-state index contributed by atoms with van der Waals surface area (Å²) >= 11 is 0. The summed E-state index contributed by atoms with van der Waals surface area (Å²) in [5, 5.41) is 3.58. The van der Waals surface area contributed by atoms with Crippen molar-refractivity contribution in [3.8, 4) is 0 Å². The van der Waals surface area contributed by atoms with E-state index in [9.17, 15) is 0 Å².